The summed E-state index contributed by atoms with van der Waals surface area (Å²) in [5, 5.41) is 0.712. The highest BCUT2D eigenvalue weighted by Gasteiger charge is 2.12. The number of rotatable bonds is 6. The third-order valence-electron chi connectivity index (χ3n) is 4.74. The Balaban J connectivity index is 1.58. The van der Waals surface area contributed by atoms with Gasteiger partial charge in [-0.2, -0.15) is 0 Å². The first kappa shape index (κ1) is 17.6. The summed E-state index contributed by atoms with van der Waals surface area (Å²) in [7, 11) is 0. The summed E-state index contributed by atoms with van der Waals surface area (Å²) in [6.45, 7) is 3.46. The van der Waals surface area contributed by atoms with Crippen molar-refractivity contribution in [3.63, 3.8) is 0 Å². The lowest BCUT2D eigenvalue weighted by Crippen LogP contribution is -2.12. The van der Waals surface area contributed by atoms with Crippen molar-refractivity contribution in [2.45, 2.75) is 19.9 Å². The Morgan fingerprint density at radius 2 is 1.67 bits per heavy atom. The molecule has 0 atom stereocenters. The smallest absolute Gasteiger partial charge is 0.119 e. The molecule has 0 radical (unpaired) electrons. The monoisotopic (exact) mass is 376 g/mol. The van der Waals surface area contributed by atoms with E-state index in [9.17, 15) is 0 Å². The fourth-order valence-corrected chi connectivity index (χ4v) is 3.40. The Hall–Kier alpha value is -2.78. The number of benzene rings is 3. The van der Waals surface area contributed by atoms with E-state index < -0.39 is 0 Å². The maximum Gasteiger partial charge on any atom is 0.119 e. The number of hydrogen-bond donors (Lipinski definition) is 0. The molecule has 0 bridgehead atoms. The van der Waals surface area contributed by atoms with Crippen molar-refractivity contribution < 1.29 is 4.74 Å². The standard InChI is InChI=1S/C23H21ClN2O/c1-17-6-2-3-7-18(17)16-23-25-21-8-4-5-9-22(21)26(23)14-15-27-20-12-10-19(24)11-13-20/h2-13H,14-16H2,1H3. The van der Waals surface area contributed by atoms with Crippen LogP contribution in [0.15, 0.2) is 72.8 Å². The van der Waals surface area contributed by atoms with Crippen LogP contribution < -0.4 is 4.74 Å². The van der Waals surface area contributed by atoms with Crippen LogP contribution in [0.4, 0.5) is 0 Å². The fourth-order valence-electron chi connectivity index (χ4n) is 3.27. The minimum absolute atomic E-state index is 0.572. The van der Waals surface area contributed by atoms with Crippen LogP contribution in [0.25, 0.3) is 11.0 Å². The summed E-state index contributed by atoms with van der Waals surface area (Å²) in [6.07, 6.45) is 0.808. The highest BCUT2D eigenvalue weighted by molar-refractivity contribution is 6.30. The van der Waals surface area contributed by atoms with E-state index >= 15 is 0 Å². The number of fused-ring (bicyclic) bond motifs is 1. The number of nitrogens with zero attached hydrogens (tertiary/aromatic N) is 2. The molecule has 3 nitrogen and oxygen atoms in total. The number of halogens is 1. The van der Waals surface area contributed by atoms with Crippen LogP contribution in [-0.4, -0.2) is 16.2 Å². The van der Waals surface area contributed by atoms with Gasteiger partial charge in [0.25, 0.3) is 0 Å². The van der Waals surface area contributed by atoms with E-state index in [4.69, 9.17) is 21.3 Å². The molecular formula is C23H21ClN2O. The maximum atomic E-state index is 5.93. The Bertz CT molecular complexity index is 1050. The molecule has 4 heteroatoms. The van der Waals surface area contributed by atoms with Crippen molar-refractivity contribution in [2.24, 2.45) is 0 Å². The number of aromatic nitrogens is 2. The minimum Gasteiger partial charge on any atom is -0.492 e. The average molecular weight is 377 g/mol. The molecule has 4 aromatic rings. The Labute approximate surface area is 164 Å². The molecule has 3 aromatic carbocycles. The molecule has 0 fully saturated rings. The van der Waals surface area contributed by atoms with Gasteiger partial charge < -0.3 is 9.30 Å². The largest absolute Gasteiger partial charge is 0.492 e. The van der Waals surface area contributed by atoms with Crippen LogP contribution in [0.3, 0.4) is 0 Å². The van der Waals surface area contributed by atoms with Gasteiger partial charge in [0.05, 0.1) is 17.6 Å². The molecule has 0 saturated heterocycles. The molecule has 0 amide bonds. The third kappa shape index (κ3) is 3.99. The SMILES string of the molecule is Cc1ccccc1Cc1nc2ccccc2n1CCOc1ccc(Cl)cc1. The summed E-state index contributed by atoms with van der Waals surface area (Å²) in [6, 6.07) is 24.2. The van der Waals surface area contributed by atoms with Gasteiger partial charge in [-0.1, -0.05) is 48.0 Å². The summed E-state index contributed by atoms with van der Waals surface area (Å²) >= 11 is 5.93. The van der Waals surface area contributed by atoms with Crippen molar-refractivity contribution in [1.29, 1.82) is 0 Å². The van der Waals surface area contributed by atoms with Crippen molar-refractivity contribution in [1.82, 2.24) is 9.55 Å². The lowest BCUT2D eigenvalue weighted by molar-refractivity contribution is 0.298. The van der Waals surface area contributed by atoms with E-state index in [1.807, 2.05) is 30.3 Å². The highest BCUT2D eigenvalue weighted by Crippen LogP contribution is 2.21. The second-order valence-electron chi connectivity index (χ2n) is 6.57. The second kappa shape index (κ2) is 7.85. The molecule has 0 saturated carbocycles. The highest BCUT2D eigenvalue weighted by atomic mass is 35.5. The molecule has 4 rings (SSSR count). The fraction of sp³-hybridized carbons (Fsp3) is 0.174. The van der Waals surface area contributed by atoms with Gasteiger partial charge in [-0.15, -0.1) is 0 Å². The lowest BCUT2D eigenvalue weighted by Gasteiger charge is -2.12. The zero-order valence-electron chi connectivity index (χ0n) is 15.2. The molecule has 0 aliphatic heterocycles. The number of imidazole rings is 1. The van der Waals surface area contributed by atoms with Gasteiger partial charge in [0.15, 0.2) is 0 Å². The second-order valence-corrected chi connectivity index (χ2v) is 7.01. The molecule has 1 heterocycles. The summed E-state index contributed by atoms with van der Waals surface area (Å²) in [5.41, 5.74) is 4.74. The van der Waals surface area contributed by atoms with E-state index in [0.717, 1.165) is 35.6 Å². The predicted octanol–water partition coefficient (Wildman–Crippen LogP) is 5.67. The van der Waals surface area contributed by atoms with Gasteiger partial charge in [0.2, 0.25) is 0 Å². The molecule has 0 N–H and O–H groups in total. The first-order valence-electron chi connectivity index (χ1n) is 9.08. The number of ether oxygens (including phenoxy) is 1. The molecule has 0 unspecified atom stereocenters. The van der Waals surface area contributed by atoms with Crippen LogP contribution in [-0.2, 0) is 13.0 Å². The number of aryl methyl sites for hydroxylation is 1. The molecule has 0 aliphatic carbocycles. The van der Waals surface area contributed by atoms with Crippen molar-refractivity contribution in [2.75, 3.05) is 6.61 Å². The van der Waals surface area contributed by atoms with Crippen molar-refractivity contribution in [3.8, 4) is 5.75 Å². The van der Waals surface area contributed by atoms with E-state index in [1.165, 1.54) is 11.1 Å². The summed E-state index contributed by atoms with van der Waals surface area (Å²) < 4.78 is 8.17. The van der Waals surface area contributed by atoms with E-state index in [0.29, 0.717) is 11.6 Å². The number of hydrogen-bond acceptors (Lipinski definition) is 2. The van der Waals surface area contributed by atoms with Gasteiger partial charge in [0, 0.05) is 11.4 Å². The first-order valence-corrected chi connectivity index (χ1v) is 9.45. The predicted molar refractivity (Wildman–Crippen MR) is 111 cm³/mol. The average Bonchev–Trinajstić information content (AvgIpc) is 3.03. The van der Waals surface area contributed by atoms with Gasteiger partial charge in [-0.05, 0) is 54.4 Å². The first-order chi connectivity index (χ1) is 13.2. The molecule has 0 spiro atoms. The molecule has 27 heavy (non-hydrogen) atoms. The van der Waals surface area contributed by atoms with Crippen LogP contribution >= 0.6 is 11.6 Å². The van der Waals surface area contributed by atoms with E-state index in [2.05, 4.69) is 54.0 Å². The van der Waals surface area contributed by atoms with Crippen LogP contribution in [0.2, 0.25) is 5.02 Å². The van der Waals surface area contributed by atoms with E-state index in [1.54, 1.807) is 0 Å². The lowest BCUT2D eigenvalue weighted by atomic mass is 10.1. The Kier molecular flexibility index (Phi) is 5.12. The van der Waals surface area contributed by atoms with Gasteiger partial charge in [-0.25, -0.2) is 4.98 Å². The van der Waals surface area contributed by atoms with Gasteiger partial charge >= 0.3 is 0 Å². The van der Waals surface area contributed by atoms with Crippen molar-refractivity contribution >= 4 is 22.6 Å². The normalized spacial score (nSPS) is 11.0. The zero-order valence-corrected chi connectivity index (χ0v) is 16.0. The van der Waals surface area contributed by atoms with Crippen molar-refractivity contribution in [3.05, 3.63) is 94.8 Å². The quantitative estimate of drug-likeness (QED) is 0.433. The Morgan fingerprint density at radius 3 is 2.48 bits per heavy atom. The Morgan fingerprint density at radius 1 is 0.926 bits per heavy atom. The van der Waals surface area contributed by atoms with Gasteiger partial charge in [0.1, 0.15) is 18.2 Å². The molecule has 1 aromatic heterocycles. The summed E-state index contributed by atoms with van der Waals surface area (Å²) in [5.74, 6) is 1.88. The topological polar surface area (TPSA) is 27.1 Å². The molecule has 0 aliphatic rings. The maximum absolute atomic E-state index is 5.93. The van der Waals surface area contributed by atoms with Crippen LogP contribution in [0.1, 0.15) is 17.0 Å². The molecule has 136 valence electrons. The van der Waals surface area contributed by atoms with Crippen LogP contribution in [0, 0.1) is 6.92 Å². The number of para-hydroxylation sites is 2. The molecular weight excluding hydrogens is 356 g/mol. The van der Waals surface area contributed by atoms with Crippen LogP contribution in [0.5, 0.6) is 5.75 Å². The van der Waals surface area contributed by atoms with Gasteiger partial charge in [-0.3, -0.25) is 0 Å². The summed E-state index contributed by atoms with van der Waals surface area (Å²) in [4.78, 5) is 4.88. The zero-order chi connectivity index (χ0) is 18.6. The minimum atomic E-state index is 0.572. The van der Waals surface area contributed by atoms with E-state index in [-0.39, 0.29) is 0 Å². The third-order valence-corrected chi connectivity index (χ3v) is 4.99.